The maximum atomic E-state index is 12.7. The topological polar surface area (TPSA) is 53.6 Å². The van der Waals surface area contributed by atoms with Gasteiger partial charge in [0.1, 0.15) is 0 Å². The first-order chi connectivity index (χ1) is 9.57. The van der Waals surface area contributed by atoms with E-state index in [-0.39, 0.29) is 36.1 Å². The fraction of sp³-hybridized carbons (Fsp3) is 0.933. The van der Waals surface area contributed by atoms with Crippen LogP contribution in [-0.2, 0) is 9.53 Å². The lowest BCUT2D eigenvalue weighted by atomic mass is 9.78. The molecule has 22 heavy (non-hydrogen) atoms. The molecule has 5 nitrogen and oxygen atoms in total. The van der Waals surface area contributed by atoms with E-state index in [0.717, 1.165) is 45.3 Å². The molecule has 2 atom stereocenters. The van der Waals surface area contributed by atoms with E-state index in [1.807, 2.05) is 0 Å². The van der Waals surface area contributed by atoms with Crippen LogP contribution in [0.3, 0.4) is 0 Å². The molecule has 0 saturated carbocycles. The van der Waals surface area contributed by atoms with Gasteiger partial charge in [-0.2, -0.15) is 0 Å². The Balaban J connectivity index is 0.00000220. The molecule has 2 aliphatic rings. The van der Waals surface area contributed by atoms with Crippen LogP contribution in [0.2, 0.25) is 0 Å². The lowest BCUT2D eigenvalue weighted by Crippen LogP contribution is -2.55. The van der Waals surface area contributed by atoms with E-state index in [1.54, 1.807) is 7.11 Å². The molecule has 0 aromatic rings. The third-order valence-corrected chi connectivity index (χ3v) is 5.01. The van der Waals surface area contributed by atoms with Gasteiger partial charge >= 0.3 is 0 Å². The molecular formula is C15H31Cl2N3O2. The molecule has 2 fully saturated rings. The molecule has 2 rings (SSSR count). The number of carbonyl (C=O) groups is 1. The summed E-state index contributed by atoms with van der Waals surface area (Å²) in [5.41, 5.74) is -0.327. The van der Waals surface area contributed by atoms with Crippen molar-refractivity contribution in [3.8, 4) is 0 Å². The Bertz CT molecular complexity index is 333. The Morgan fingerprint density at radius 3 is 2.55 bits per heavy atom. The number of ether oxygens (including phenoxy) is 1. The van der Waals surface area contributed by atoms with Crippen LogP contribution in [0.25, 0.3) is 0 Å². The average molecular weight is 356 g/mol. The van der Waals surface area contributed by atoms with E-state index in [9.17, 15) is 4.79 Å². The van der Waals surface area contributed by atoms with Crippen LogP contribution in [0.4, 0.5) is 0 Å². The number of rotatable bonds is 4. The van der Waals surface area contributed by atoms with Gasteiger partial charge in [0.2, 0.25) is 5.91 Å². The van der Waals surface area contributed by atoms with Gasteiger partial charge in [-0.15, -0.1) is 24.8 Å². The summed E-state index contributed by atoms with van der Waals surface area (Å²) in [6.45, 7) is 5.63. The first kappa shape index (κ1) is 21.9. The number of carbonyl (C=O) groups excluding carboxylic acids is 1. The number of halogens is 2. The van der Waals surface area contributed by atoms with Crippen molar-refractivity contribution in [2.45, 2.75) is 44.7 Å². The number of hydrogen-bond donors (Lipinski definition) is 2. The Morgan fingerprint density at radius 2 is 2.00 bits per heavy atom. The molecule has 132 valence electrons. The maximum absolute atomic E-state index is 12.7. The van der Waals surface area contributed by atoms with Crippen molar-refractivity contribution in [3.63, 3.8) is 0 Å². The monoisotopic (exact) mass is 355 g/mol. The number of likely N-dealkylation sites (tertiary alicyclic amines) is 1. The van der Waals surface area contributed by atoms with Crippen molar-refractivity contribution in [2.75, 3.05) is 40.4 Å². The molecule has 0 aromatic heterocycles. The van der Waals surface area contributed by atoms with Gasteiger partial charge in [-0.1, -0.05) is 0 Å². The first-order valence-electron chi connectivity index (χ1n) is 7.78. The zero-order chi connectivity index (χ0) is 14.6. The van der Waals surface area contributed by atoms with Crippen molar-refractivity contribution in [3.05, 3.63) is 0 Å². The lowest BCUT2D eigenvalue weighted by molar-refractivity contribution is -0.137. The molecule has 2 saturated heterocycles. The highest BCUT2D eigenvalue weighted by molar-refractivity contribution is 5.85. The number of nitrogens with zero attached hydrogens (tertiary/aromatic N) is 1. The number of nitrogens with one attached hydrogen (secondary N) is 2. The quantitative estimate of drug-likeness (QED) is 0.801. The molecule has 7 heteroatoms. The van der Waals surface area contributed by atoms with Crippen LogP contribution in [0.15, 0.2) is 0 Å². The van der Waals surface area contributed by atoms with Crippen LogP contribution >= 0.6 is 24.8 Å². The van der Waals surface area contributed by atoms with E-state index < -0.39 is 0 Å². The highest BCUT2D eigenvalue weighted by Crippen LogP contribution is 2.30. The minimum Gasteiger partial charge on any atom is -0.384 e. The molecule has 2 aliphatic heterocycles. The Kier molecular flexibility index (Phi) is 9.90. The Hall–Kier alpha value is -0.0700. The molecule has 2 N–H and O–H groups in total. The van der Waals surface area contributed by atoms with E-state index in [2.05, 4.69) is 29.5 Å². The molecule has 0 aromatic carbocycles. The fourth-order valence-electron chi connectivity index (χ4n) is 3.38. The van der Waals surface area contributed by atoms with Crippen molar-refractivity contribution in [1.29, 1.82) is 0 Å². The molecule has 2 unspecified atom stereocenters. The van der Waals surface area contributed by atoms with Gasteiger partial charge in [0.25, 0.3) is 0 Å². The largest absolute Gasteiger partial charge is 0.384 e. The van der Waals surface area contributed by atoms with Crippen molar-refractivity contribution < 1.29 is 9.53 Å². The van der Waals surface area contributed by atoms with Gasteiger partial charge in [-0.3, -0.25) is 4.79 Å². The second kappa shape index (κ2) is 9.93. The third kappa shape index (κ3) is 5.24. The predicted octanol–water partition coefficient (Wildman–Crippen LogP) is 1.45. The highest BCUT2D eigenvalue weighted by Gasteiger charge is 2.40. The molecule has 0 radical (unpaired) electrons. The summed E-state index contributed by atoms with van der Waals surface area (Å²) in [7, 11) is 3.84. The summed E-state index contributed by atoms with van der Waals surface area (Å²) in [5, 5.41) is 6.62. The van der Waals surface area contributed by atoms with Crippen molar-refractivity contribution in [1.82, 2.24) is 15.5 Å². The second-order valence-electron chi connectivity index (χ2n) is 6.49. The smallest absolute Gasteiger partial charge is 0.228 e. The standard InChI is InChI=1S/C15H29N3O2.2ClH/c1-12-10-13(4-9-18(12)2)17-14(19)15(11-20-3)5-7-16-8-6-15;;/h12-13,16H,4-11H2,1-3H3,(H,17,19);2*1H. The summed E-state index contributed by atoms with van der Waals surface area (Å²) in [4.78, 5) is 15.1. The first-order valence-corrected chi connectivity index (χ1v) is 7.78. The number of hydrogen-bond acceptors (Lipinski definition) is 4. The van der Waals surface area contributed by atoms with Gasteiger partial charge in [0.15, 0.2) is 0 Å². The molecule has 1 amide bonds. The van der Waals surface area contributed by atoms with Crippen LogP contribution in [0, 0.1) is 5.41 Å². The minimum atomic E-state index is -0.327. The maximum Gasteiger partial charge on any atom is 0.228 e. The van der Waals surface area contributed by atoms with E-state index in [1.165, 1.54) is 0 Å². The van der Waals surface area contributed by atoms with Gasteiger partial charge < -0.3 is 20.3 Å². The third-order valence-electron chi connectivity index (χ3n) is 5.01. The van der Waals surface area contributed by atoms with Crippen molar-refractivity contribution in [2.24, 2.45) is 5.41 Å². The number of methoxy groups -OCH3 is 1. The lowest BCUT2D eigenvalue weighted by Gasteiger charge is -2.39. The normalized spacial score (nSPS) is 28.1. The van der Waals surface area contributed by atoms with Gasteiger partial charge in [0, 0.05) is 25.7 Å². The highest BCUT2D eigenvalue weighted by atomic mass is 35.5. The fourth-order valence-corrected chi connectivity index (χ4v) is 3.38. The Labute approximate surface area is 146 Å². The van der Waals surface area contributed by atoms with Crippen LogP contribution in [-0.4, -0.2) is 63.3 Å². The Morgan fingerprint density at radius 1 is 1.36 bits per heavy atom. The van der Waals surface area contributed by atoms with E-state index in [4.69, 9.17) is 4.74 Å². The number of piperidine rings is 2. The SMILES string of the molecule is COCC1(C(=O)NC2CCN(C)C(C)C2)CCNCC1.Cl.Cl. The zero-order valence-electron chi connectivity index (χ0n) is 13.9. The molecule has 2 heterocycles. The summed E-state index contributed by atoms with van der Waals surface area (Å²) in [6.07, 6.45) is 3.83. The summed E-state index contributed by atoms with van der Waals surface area (Å²) >= 11 is 0. The summed E-state index contributed by atoms with van der Waals surface area (Å²) in [5.74, 6) is 0.197. The molecule has 0 bridgehead atoms. The molecule has 0 aliphatic carbocycles. The average Bonchev–Trinajstić information content (AvgIpc) is 2.44. The number of amides is 1. The van der Waals surface area contributed by atoms with Crippen molar-refractivity contribution >= 4 is 30.7 Å². The van der Waals surface area contributed by atoms with Crippen LogP contribution in [0.1, 0.15) is 32.6 Å². The van der Waals surface area contributed by atoms with E-state index >= 15 is 0 Å². The van der Waals surface area contributed by atoms with E-state index in [0.29, 0.717) is 18.7 Å². The van der Waals surface area contributed by atoms with Gasteiger partial charge in [-0.25, -0.2) is 0 Å². The molecule has 0 spiro atoms. The zero-order valence-corrected chi connectivity index (χ0v) is 15.5. The minimum absolute atomic E-state index is 0. The van der Waals surface area contributed by atoms with Crippen LogP contribution in [0.5, 0.6) is 0 Å². The van der Waals surface area contributed by atoms with Gasteiger partial charge in [0.05, 0.1) is 12.0 Å². The summed E-state index contributed by atoms with van der Waals surface area (Å²) < 4.78 is 5.34. The second-order valence-corrected chi connectivity index (χ2v) is 6.49. The summed E-state index contributed by atoms with van der Waals surface area (Å²) in [6, 6.07) is 0.859. The molecular weight excluding hydrogens is 325 g/mol. The van der Waals surface area contributed by atoms with Gasteiger partial charge in [-0.05, 0) is 52.7 Å². The van der Waals surface area contributed by atoms with Crippen LogP contribution < -0.4 is 10.6 Å². The predicted molar refractivity (Wildman–Crippen MR) is 94.2 cm³/mol.